The number of rotatable bonds is 2. The van der Waals surface area contributed by atoms with Gasteiger partial charge in [0.2, 0.25) is 0 Å². The molecule has 0 amide bonds. The van der Waals surface area contributed by atoms with E-state index < -0.39 is 12.0 Å². The van der Waals surface area contributed by atoms with Crippen LogP contribution in [0, 0.1) is 0 Å². The highest BCUT2D eigenvalue weighted by atomic mass is 79.9. The molecule has 0 aliphatic carbocycles. The lowest BCUT2D eigenvalue weighted by Gasteiger charge is -2.14. The Labute approximate surface area is 107 Å². The summed E-state index contributed by atoms with van der Waals surface area (Å²) in [5, 5.41) is 9.65. The highest BCUT2D eigenvalue weighted by molar-refractivity contribution is 9.10. The van der Waals surface area contributed by atoms with Crippen LogP contribution in [0.4, 0.5) is 5.69 Å². The summed E-state index contributed by atoms with van der Waals surface area (Å²) in [5.41, 5.74) is 11.5. The van der Waals surface area contributed by atoms with Crippen molar-refractivity contribution >= 4 is 40.0 Å². The van der Waals surface area contributed by atoms with Crippen molar-refractivity contribution in [3.05, 3.63) is 22.2 Å². The normalized spacial score (nSPS) is 11.4. The molecule has 0 aromatic heterocycles. The number of nitrogen functional groups attached to an aromatic ring is 1. The predicted octanol–water partition coefficient (Wildman–Crippen LogP) is 1.33. The van der Waals surface area contributed by atoms with Crippen LogP contribution in [0.5, 0.6) is 5.75 Å². The summed E-state index contributed by atoms with van der Waals surface area (Å²) in [6.45, 7) is 0. The summed E-state index contributed by atoms with van der Waals surface area (Å²) in [5.74, 6) is -0.848. The zero-order chi connectivity index (χ0) is 11.6. The van der Waals surface area contributed by atoms with Gasteiger partial charge in [-0.05, 0) is 12.1 Å². The number of hydrogen-bond acceptors (Lipinski definition) is 5. The Morgan fingerprint density at radius 3 is 2.62 bits per heavy atom. The van der Waals surface area contributed by atoms with Crippen molar-refractivity contribution in [3.63, 3.8) is 0 Å². The van der Waals surface area contributed by atoms with Gasteiger partial charge in [0.25, 0.3) is 0 Å². The molecule has 7 heteroatoms. The van der Waals surface area contributed by atoms with Crippen LogP contribution in [0.2, 0.25) is 0 Å². The number of carbonyl (C=O) groups is 1. The van der Waals surface area contributed by atoms with Gasteiger partial charge in [-0.15, -0.1) is 12.4 Å². The summed E-state index contributed by atoms with van der Waals surface area (Å²) in [6, 6.07) is 2.05. The summed E-state index contributed by atoms with van der Waals surface area (Å²) in [7, 11) is 1.22. The molecule has 0 fully saturated rings. The topological polar surface area (TPSA) is 98.6 Å². The summed E-state index contributed by atoms with van der Waals surface area (Å²) >= 11 is 3.18. The Hall–Kier alpha value is -0.980. The lowest BCUT2D eigenvalue weighted by Crippen LogP contribution is -2.23. The fourth-order valence-electron chi connectivity index (χ4n) is 1.14. The van der Waals surface area contributed by atoms with Crippen molar-refractivity contribution < 1.29 is 14.6 Å². The van der Waals surface area contributed by atoms with E-state index >= 15 is 0 Å². The quantitative estimate of drug-likeness (QED) is 0.435. The van der Waals surface area contributed by atoms with Gasteiger partial charge in [-0.2, -0.15) is 0 Å². The zero-order valence-electron chi connectivity index (χ0n) is 8.44. The molecule has 1 rings (SSSR count). The number of anilines is 1. The predicted molar refractivity (Wildman–Crippen MR) is 66.4 cm³/mol. The number of carbonyl (C=O) groups excluding carboxylic acids is 1. The largest absolute Gasteiger partial charge is 0.505 e. The SMILES string of the molecule is COC(=O)[C@H](N)c1c(Br)ccc(N)c1O.Cl. The molecule has 16 heavy (non-hydrogen) atoms. The van der Waals surface area contributed by atoms with Gasteiger partial charge >= 0.3 is 5.97 Å². The minimum absolute atomic E-state index is 0. The van der Waals surface area contributed by atoms with Crippen molar-refractivity contribution in [3.8, 4) is 5.75 Å². The summed E-state index contributed by atoms with van der Waals surface area (Å²) < 4.78 is 4.99. The molecular weight excluding hydrogens is 299 g/mol. The molecule has 0 bridgehead atoms. The van der Waals surface area contributed by atoms with Crippen LogP contribution < -0.4 is 11.5 Å². The molecule has 1 aromatic rings. The molecule has 0 radical (unpaired) electrons. The first-order valence-corrected chi connectivity index (χ1v) is 4.88. The van der Waals surface area contributed by atoms with Crippen LogP contribution in [-0.4, -0.2) is 18.2 Å². The van der Waals surface area contributed by atoms with Crippen molar-refractivity contribution in [2.75, 3.05) is 12.8 Å². The Morgan fingerprint density at radius 2 is 2.12 bits per heavy atom. The van der Waals surface area contributed by atoms with E-state index in [4.69, 9.17) is 11.5 Å². The first kappa shape index (κ1) is 15.0. The Balaban J connectivity index is 0.00000225. The number of hydrogen-bond donors (Lipinski definition) is 3. The van der Waals surface area contributed by atoms with Gasteiger partial charge in [0, 0.05) is 10.0 Å². The maximum atomic E-state index is 11.2. The van der Waals surface area contributed by atoms with Crippen molar-refractivity contribution in [2.24, 2.45) is 5.73 Å². The van der Waals surface area contributed by atoms with Crippen LogP contribution in [0.3, 0.4) is 0 Å². The molecule has 0 saturated carbocycles. The van der Waals surface area contributed by atoms with E-state index in [1.165, 1.54) is 13.2 Å². The van der Waals surface area contributed by atoms with Gasteiger partial charge in [0.05, 0.1) is 12.8 Å². The second kappa shape index (κ2) is 5.93. The average molecular weight is 312 g/mol. The minimum Gasteiger partial charge on any atom is -0.505 e. The second-order valence-corrected chi connectivity index (χ2v) is 3.75. The second-order valence-electron chi connectivity index (χ2n) is 2.90. The molecular formula is C9H12BrClN2O3. The minimum atomic E-state index is -1.06. The van der Waals surface area contributed by atoms with E-state index in [-0.39, 0.29) is 29.4 Å². The van der Waals surface area contributed by atoms with Gasteiger partial charge in [0.15, 0.2) is 0 Å². The lowest BCUT2D eigenvalue weighted by atomic mass is 10.1. The van der Waals surface area contributed by atoms with Crippen LogP contribution in [-0.2, 0) is 9.53 Å². The van der Waals surface area contributed by atoms with Gasteiger partial charge in [0.1, 0.15) is 11.8 Å². The van der Waals surface area contributed by atoms with Crippen molar-refractivity contribution in [1.29, 1.82) is 0 Å². The van der Waals surface area contributed by atoms with E-state index in [2.05, 4.69) is 20.7 Å². The first-order chi connectivity index (χ1) is 6.99. The number of halogens is 2. The number of benzene rings is 1. The fourth-order valence-corrected chi connectivity index (χ4v) is 1.71. The van der Waals surface area contributed by atoms with Crippen LogP contribution in [0.25, 0.3) is 0 Å². The molecule has 0 aliphatic rings. The van der Waals surface area contributed by atoms with Gasteiger partial charge < -0.3 is 21.3 Å². The Bertz CT molecular complexity index is 401. The fraction of sp³-hybridized carbons (Fsp3) is 0.222. The van der Waals surface area contributed by atoms with Gasteiger partial charge in [-0.3, -0.25) is 4.79 Å². The lowest BCUT2D eigenvalue weighted by molar-refractivity contribution is -0.142. The van der Waals surface area contributed by atoms with Crippen LogP contribution >= 0.6 is 28.3 Å². The smallest absolute Gasteiger partial charge is 0.327 e. The van der Waals surface area contributed by atoms with E-state index in [1.54, 1.807) is 6.07 Å². The molecule has 1 atom stereocenters. The number of aromatic hydroxyl groups is 1. The number of nitrogens with two attached hydrogens (primary N) is 2. The summed E-state index contributed by atoms with van der Waals surface area (Å²) in [6.07, 6.45) is 0. The molecule has 0 unspecified atom stereocenters. The van der Waals surface area contributed by atoms with E-state index in [0.717, 1.165) is 0 Å². The third-order valence-electron chi connectivity index (χ3n) is 1.96. The zero-order valence-corrected chi connectivity index (χ0v) is 10.8. The number of ether oxygens (including phenoxy) is 1. The molecule has 5 nitrogen and oxygen atoms in total. The number of phenolic OH excluding ortho intramolecular Hbond substituents is 1. The number of methoxy groups -OCH3 is 1. The molecule has 1 aromatic carbocycles. The Kier molecular flexibility index (Phi) is 5.57. The summed E-state index contributed by atoms with van der Waals surface area (Å²) in [4.78, 5) is 11.2. The average Bonchev–Trinajstić information content (AvgIpc) is 2.22. The third kappa shape index (κ3) is 2.78. The standard InChI is InChI=1S/C9H11BrN2O3.ClH/c1-15-9(14)7(12)6-4(10)2-3-5(11)8(6)13;/h2-3,7,13H,11-12H2,1H3;1H/t7-;/m1./s1. The molecule has 0 saturated heterocycles. The van der Waals surface area contributed by atoms with E-state index in [9.17, 15) is 9.90 Å². The monoisotopic (exact) mass is 310 g/mol. The van der Waals surface area contributed by atoms with Gasteiger partial charge in [-0.25, -0.2) is 0 Å². The highest BCUT2D eigenvalue weighted by Gasteiger charge is 2.23. The molecule has 5 N–H and O–H groups in total. The molecule has 0 spiro atoms. The maximum absolute atomic E-state index is 11.2. The molecule has 0 heterocycles. The third-order valence-corrected chi connectivity index (χ3v) is 2.65. The van der Waals surface area contributed by atoms with Crippen molar-refractivity contribution in [1.82, 2.24) is 0 Å². The van der Waals surface area contributed by atoms with E-state index in [0.29, 0.717) is 4.47 Å². The molecule has 90 valence electrons. The van der Waals surface area contributed by atoms with Crippen LogP contribution in [0.15, 0.2) is 16.6 Å². The number of phenols is 1. The highest BCUT2D eigenvalue weighted by Crippen LogP contribution is 2.35. The number of esters is 1. The molecule has 0 aliphatic heterocycles. The Morgan fingerprint density at radius 1 is 1.56 bits per heavy atom. The van der Waals surface area contributed by atoms with Crippen LogP contribution in [0.1, 0.15) is 11.6 Å². The van der Waals surface area contributed by atoms with Crippen molar-refractivity contribution in [2.45, 2.75) is 6.04 Å². The van der Waals surface area contributed by atoms with Gasteiger partial charge in [-0.1, -0.05) is 15.9 Å². The first-order valence-electron chi connectivity index (χ1n) is 4.09. The van der Waals surface area contributed by atoms with E-state index in [1.807, 2.05) is 0 Å². The maximum Gasteiger partial charge on any atom is 0.327 e.